The second-order valence-corrected chi connectivity index (χ2v) is 3.62. The number of nitrogen functional groups attached to an aromatic ring is 1. The van der Waals surface area contributed by atoms with E-state index in [2.05, 4.69) is 22.8 Å². The lowest BCUT2D eigenvalue weighted by Gasteiger charge is -2.16. The molecule has 0 amide bonds. The van der Waals surface area contributed by atoms with Gasteiger partial charge < -0.3 is 15.9 Å². The lowest BCUT2D eigenvalue weighted by Crippen LogP contribution is -2.20. The number of nitrogens with one attached hydrogen (secondary N) is 1. The molecule has 1 aromatic heterocycles. The molecule has 1 rings (SSSR count). The van der Waals surface area contributed by atoms with Crippen molar-refractivity contribution in [1.82, 2.24) is 10.2 Å². The summed E-state index contributed by atoms with van der Waals surface area (Å²) in [4.78, 5) is 0. The van der Waals surface area contributed by atoms with Gasteiger partial charge in [0.15, 0.2) is 5.82 Å². The van der Waals surface area contributed by atoms with Crippen LogP contribution in [0.5, 0.6) is 0 Å². The molecule has 0 aliphatic heterocycles. The van der Waals surface area contributed by atoms with Crippen molar-refractivity contribution in [3.8, 4) is 0 Å². The van der Waals surface area contributed by atoms with Crippen molar-refractivity contribution in [2.75, 3.05) is 11.5 Å². The third-order valence-corrected chi connectivity index (χ3v) is 2.37. The molecule has 0 spiro atoms. The van der Waals surface area contributed by atoms with E-state index in [9.17, 15) is 10.2 Å². The van der Waals surface area contributed by atoms with Crippen LogP contribution in [0.25, 0.3) is 0 Å². The predicted molar refractivity (Wildman–Crippen MR) is 57.2 cm³/mol. The van der Waals surface area contributed by atoms with Gasteiger partial charge in [-0.05, 0) is 19.1 Å². The number of aliphatic hydroxyl groups is 2. The molecule has 5 N–H and O–H groups in total. The monoisotopic (exact) mass is 217 g/mol. The molecule has 6 heteroatoms. The van der Waals surface area contributed by atoms with E-state index in [-0.39, 0.29) is 5.82 Å². The molecule has 0 radical (unpaired) electrons. The Hall–Kier alpha value is -0.720. The Labute approximate surface area is 87.7 Å². The molecule has 1 heterocycles. The molecule has 80 valence electrons. The fourth-order valence-electron chi connectivity index (χ4n) is 1.31. The molecule has 1 aromatic rings. The highest BCUT2D eigenvalue weighted by atomic mass is 32.1. The van der Waals surface area contributed by atoms with Crippen molar-refractivity contribution in [3.05, 3.63) is 11.3 Å². The molecule has 0 aromatic carbocycles. The zero-order chi connectivity index (χ0) is 10.7. The van der Waals surface area contributed by atoms with Crippen LogP contribution in [0, 0.1) is 6.92 Å². The first-order valence-corrected chi connectivity index (χ1v) is 4.98. The maximum Gasteiger partial charge on any atom is 0.151 e. The number of aryl methyl sites for hydroxylation is 1. The molecule has 0 fully saturated rings. The second-order valence-electron chi connectivity index (χ2n) is 3.17. The van der Waals surface area contributed by atoms with E-state index >= 15 is 0 Å². The van der Waals surface area contributed by atoms with Crippen molar-refractivity contribution >= 4 is 18.4 Å². The average Bonchev–Trinajstić information content (AvgIpc) is 2.46. The summed E-state index contributed by atoms with van der Waals surface area (Å²) in [5, 5.41) is 25.7. The van der Waals surface area contributed by atoms with E-state index in [1.165, 1.54) is 0 Å². The molecular formula is C8H15N3O2S. The van der Waals surface area contributed by atoms with Gasteiger partial charge in [-0.15, -0.1) is 0 Å². The van der Waals surface area contributed by atoms with Gasteiger partial charge in [-0.2, -0.15) is 17.7 Å². The maximum atomic E-state index is 9.75. The molecule has 2 atom stereocenters. The quantitative estimate of drug-likeness (QED) is 0.459. The fourth-order valence-corrected chi connectivity index (χ4v) is 1.58. The van der Waals surface area contributed by atoms with E-state index in [1.807, 2.05) is 0 Å². The van der Waals surface area contributed by atoms with E-state index in [1.54, 1.807) is 6.92 Å². The van der Waals surface area contributed by atoms with Gasteiger partial charge in [-0.3, -0.25) is 5.10 Å². The normalized spacial score (nSPS) is 15.4. The predicted octanol–water partition coefficient (Wildman–Crippen LogP) is 0.0145. The van der Waals surface area contributed by atoms with E-state index < -0.39 is 12.2 Å². The van der Waals surface area contributed by atoms with Crippen molar-refractivity contribution in [1.29, 1.82) is 0 Å². The zero-order valence-corrected chi connectivity index (χ0v) is 8.83. The average molecular weight is 217 g/mol. The molecule has 0 saturated carbocycles. The number of anilines is 1. The number of nitrogens with zero attached hydrogens (tertiary/aromatic N) is 1. The number of thiol groups is 1. The van der Waals surface area contributed by atoms with Crippen LogP contribution in [0.1, 0.15) is 23.8 Å². The summed E-state index contributed by atoms with van der Waals surface area (Å²) < 4.78 is 0. The number of rotatable bonds is 4. The fraction of sp³-hybridized carbons (Fsp3) is 0.625. The molecule has 2 unspecified atom stereocenters. The van der Waals surface area contributed by atoms with Crippen molar-refractivity contribution in [2.24, 2.45) is 0 Å². The van der Waals surface area contributed by atoms with Crippen LogP contribution in [-0.4, -0.2) is 32.3 Å². The smallest absolute Gasteiger partial charge is 0.151 e. The topological polar surface area (TPSA) is 95.2 Å². The number of hydrogen-bond donors (Lipinski definition) is 5. The van der Waals surface area contributed by atoms with Gasteiger partial charge in [0.2, 0.25) is 0 Å². The Morgan fingerprint density at radius 1 is 1.57 bits per heavy atom. The maximum absolute atomic E-state index is 9.75. The number of H-pyrrole nitrogens is 1. The first-order chi connectivity index (χ1) is 6.57. The second kappa shape index (κ2) is 4.68. The highest BCUT2D eigenvalue weighted by Gasteiger charge is 2.23. The highest BCUT2D eigenvalue weighted by Crippen LogP contribution is 2.25. The Morgan fingerprint density at radius 3 is 2.64 bits per heavy atom. The van der Waals surface area contributed by atoms with Crippen LogP contribution >= 0.6 is 12.6 Å². The van der Waals surface area contributed by atoms with Gasteiger partial charge in [0.05, 0.1) is 6.10 Å². The Balaban J connectivity index is 2.82. The minimum absolute atomic E-state index is 0.230. The van der Waals surface area contributed by atoms with E-state index in [0.717, 1.165) is 0 Å². The Kier molecular flexibility index (Phi) is 3.79. The Bertz CT molecular complexity index is 283. The summed E-state index contributed by atoms with van der Waals surface area (Å²) in [6.07, 6.45) is -1.44. The lowest BCUT2D eigenvalue weighted by molar-refractivity contribution is 0.0173. The lowest BCUT2D eigenvalue weighted by atomic mass is 10.0. The first-order valence-electron chi connectivity index (χ1n) is 4.35. The number of aromatic amines is 1. The van der Waals surface area contributed by atoms with Crippen molar-refractivity contribution in [3.63, 3.8) is 0 Å². The van der Waals surface area contributed by atoms with Crippen molar-refractivity contribution in [2.45, 2.75) is 25.6 Å². The van der Waals surface area contributed by atoms with Gasteiger partial charge >= 0.3 is 0 Å². The molecule has 0 aliphatic rings. The van der Waals surface area contributed by atoms with Gasteiger partial charge in [0, 0.05) is 11.3 Å². The van der Waals surface area contributed by atoms with Crippen molar-refractivity contribution < 1.29 is 10.2 Å². The van der Waals surface area contributed by atoms with Crippen LogP contribution < -0.4 is 5.73 Å². The molecule has 0 bridgehead atoms. The number of aromatic nitrogens is 2. The summed E-state index contributed by atoms with van der Waals surface area (Å²) >= 11 is 3.98. The summed E-state index contributed by atoms with van der Waals surface area (Å²) in [7, 11) is 0. The SMILES string of the molecule is Cc1[nH]nc(N)c1C(O)C(O)CCS. The minimum Gasteiger partial charge on any atom is -0.390 e. The van der Waals surface area contributed by atoms with Gasteiger partial charge in [-0.25, -0.2) is 0 Å². The van der Waals surface area contributed by atoms with Crippen LogP contribution in [0.15, 0.2) is 0 Å². The van der Waals surface area contributed by atoms with Gasteiger partial charge in [-0.1, -0.05) is 0 Å². The third-order valence-electron chi connectivity index (χ3n) is 2.11. The standard InChI is InChI=1S/C8H15N3O2S/c1-4-6(8(9)11-10-4)7(13)5(12)2-3-14/h5,7,12-14H,2-3H2,1H3,(H3,9,10,11). The number of aliphatic hydroxyl groups excluding tert-OH is 2. The highest BCUT2D eigenvalue weighted by molar-refractivity contribution is 7.80. The van der Waals surface area contributed by atoms with Gasteiger partial charge in [0.1, 0.15) is 6.10 Å². The summed E-state index contributed by atoms with van der Waals surface area (Å²) in [5.74, 6) is 0.739. The van der Waals surface area contributed by atoms with E-state index in [0.29, 0.717) is 23.4 Å². The van der Waals surface area contributed by atoms with Crippen LogP contribution in [0.4, 0.5) is 5.82 Å². The third kappa shape index (κ3) is 2.20. The molecule has 0 saturated heterocycles. The Morgan fingerprint density at radius 2 is 2.21 bits per heavy atom. The van der Waals surface area contributed by atoms with E-state index in [4.69, 9.17) is 5.73 Å². The van der Waals surface area contributed by atoms with Gasteiger partial charge in [0.25, 0.3) is 0 Å². The molecule has 5 nitrogen and oxygen atoms in total. The first kappa shape index (κ1) is 11.4. The number of nitrogens with two attached hydrogens (primary N) is 1. The summed E-state index contributed by atoms with van der Waals surface area (Å²) in [6, 6.07) is 0. The largest absolute Gasteiger partial charge is 0.390 e. The molecule has 14 heavy (non-hydrogen) atoms. The summed E-state index contributed by atoms with van der Waals surface area (Å²) in [5.41, 5.74) is 6.69. The molecular weight excluding hydrogens is 202 g/mol. The zero-order valence-electron chi connectivity index (χ0n) is 7.94. The molecule has 0 aliphatic carbocycles. The number of hydrogen-bond acceptors (Lipinski definition) is 5. The van der Waals surface area contributed by atoms with Crippen LogP contribution in [-0.2, 0) is 0 Å². The van der Waals surface area contributed by atoms with Crippen LogP contribution in [0.2, 0.25) is 0 Å². The van der Waals surface area contributed by atoms with Crippen LogP contribution in [0.3, 0.4) is 0 Å². The minimum atomic E-state index is -0.999. The summed E-state index contributed by atoms with van der Waals surface area (Å²) in [6.45, 7) is 1.75.